The molecule has 0 aromatic heterocycles. The van der Waals surface area contributed by atoms with E-state index >= 15 is 0 Å². The lowest BCUT2D eigenvalue weighted by Gasteiger charge is -2.11. The van der Waals surface area contributed by atoms with Gasteiger partial charge in [0.25, 0.3) is 0 Å². The Bertz CT molecular complexity index is 140. The zero-order chi connectivity index (χ0) is 5.98. The van der Waals surface area contributed by atoms with Crippen molar-refractivity contribution in [1.82, 2.24) is 0 Å². The van der Waals surface area contributed by atoms with E-state index in [-0.39, 0.29) is 24.0 Å². The quantitative estimate of drug-likeness (QED) is 0.329. The topological polar surface area (TPSA) is 30.5 Å². The van der Waals surface area contributed by atoms with Gasteiger partial charge in [-0.25, -0.2) is 5.01 Å². The lowest BCUT2D eigenvalue weighted by Crippen LogP contribution is -3.15. The molecule has 0 amide bonds. The molecule has 1 atom stereocenters. The number of rotatable bonds is 0. The second kappa shape index (κ2) is 4.03. The van der Waals surface area contributed by atoms with Crippen LogP contribution in [0.5, 0.6) is 0 Å². The van der Waals surface area contributed by atoms with E-state index in [0.717, 1.165) is 11.6 Å². The van der Waals surface area contributed by atoms with Gasteiger partial charge in [0.2, 0.25) is 0 Å². The molecule has 1 aliphatic heterocycles. The molecule has 1 unspecified atom stereocenters. The molecule has 1 aliphatic rings. The SMILES string of the molecule is CC1=CC=CC[NH+]1N.[I-]. The summed E-state index contributed by atoms with van der Waals surface area (Å²) < 4.78 is 0. The normalized spacial score (nSPS) is 24.7. The van der Waals surface area contributed by atoms with Crippen molar-refractivity contribution in [2.45, 2.75) is 6.92 Å². The highest BCUT2D eigenvalue weighted by molar-refractivity contribution is 5.07. The average molecular weight is 238 g/mol. The summed E-state index contributed by atoms with van der Waals surface area (Å²) in [5.41, 5.74) is 1.20. The smallest absolute Gasteiger partial charge is 0.123 e. The molecule has 0 aromatic rings. The molecular weight excluding hydrogens is 227 g/mol. The van der Waals surface area contributed by atoms with Crippen LogP contribution in [0.25, 0.3) is 0 Å². The monoisotopic (exact) mass is 238 g/mol. The van der Waals surface area contributed by atoms with Crippen LogP contribution in [0.4, 0.5) is 0 Å². The lowest BCUT2D eigenvalue weighted by atomic mass is 10.3. The molecule has 2 nitrogen and oxygen atoms in total. The van der Waals surface area contributed by atoms with E-state index in [0.29, 0.717) is 0 Å². The van der Waals surface area contributed by atoms with E-state index in [1.54, 1.807) is 0 Å². The van der Waals surface area contributed by atoms with Gasteiger partial charge in [0.1, 0.15) is 12.2 Å². The number of halogens is 1. The number of nitrogens with two attached hydrogens (primary N) is 1. The van der Waals surface area contributed by atoms with Crippen LogP contribution in [0.15, 0.2) is 23.9 Å². The van der Waals surface area contributed by atoms with Crippen LogP contribution in [-0.4, -0.2) is 6.54 Å². The first-order valence-electron chi connectivity index (χ1n) is 2.76. The van der Waals surface area contributed by atoms with Crippen LogP contribution in [-0.2, 0) is 0 Å². The number of nitrogens with one attached hydrogen (secondary N) is 1. The molecule has 1 rings (SSSR count). The summed E-state index contributed by atoms with van der Waals surface area (Å²) in [6.07, 6.45) is 6.12. The van der Waals surface area contributed by atoms with E-state index < -0.39 is 0 Å². The molecule has 52 valence electrons. The fourth-order valence-electron chi connectivity index (χ4n) is 0.675. The van der Waals surface area contributed by atoms with Crippen molar-refractivity contribution in [2.75, 3.05) is 6.54 Å². The summed E-state index contributed by atoms with van der Waals surface area (Å²) in [6.45, 7) is 2.95. The second-order valence-electron chi connectivity index (χ2n) is 2.01. The van der Waals surface area contributed by atoms with Gasteiger partial charge in [0.15, 0.2) is 0 Å². The second-order valence-corrected chi connectivity index (χ2v) is 2.01. The molecule has 0 fully saturated rings. The Kier molecular flexibility index (Phi) is 4.09. The van der Waals surface area contributed by atoms with E-state index in [4.69, 9.17) is 5.84 Å². The highest BCUT2D eigenvalue weighted by atomic mass is 127. The zero-order valence-corrected chi connectivity index (χ0v) is 7.55. The predicted octanol–water partition coefficient (Wildman–Crippen LogP) is -3.78. The highest BCUT2D eigenvalue weighted by Crippen LogP contribution is 1.84. The van der Waals surface area contributed by atoms with E-state index in [9.17, 15) is 0 Å². The standard InChI is InChI=1S/C6H10N2.HI/c1-6-4-2-3-5-8(6)7;/h2-4H,5,7H2,1H3;1H. The van der Waals surface area contributed by atoms with Crippen molar-refractivity contribution >= 4 is 0 Å². The van der Waals surface area contributed by atoms with Crippen LogP contribution >= 0.6 is 0 Å². The van der Waals surface area contributed by atoms with Gasteiger partial charge in [-0.1, -0.05) is 6.08 Å². The maximum Gasteiger partial charge on any atom is 0.123 e. The van der Waals surface area contributed by atoms with Gasteiger partial charge in [-0.3, -0.25) is 0 Å². The minimum atomic E-state index is 0. The molecule has 0 aliphatic carbocycles. The highest BCUT2D eigenvalue weighted by Gasteiger charge is 2.04. The number of allylic oxidation sites excluding steroid dienone is 3. The maximum atomic E-state index is 5.58. The third kappa shape index (κ3) is 2.47. The van der Waals surface area contributed by atoms with Crippen LogP contribution in [0.2, 0.25) is 0 Å². The van der Waals surface area contributed by atoms with Crippen LogP contribution in [0.1, 0.15) is 6.92 Å². The van der Waals surface area contributed by atoms with Crippen molar-refractivity contribution in [3.05, 3.63) is 23.9 Å². The molecule has 0 spiro atoms. The van der Waals surface area contributed by atoms with Crippen molar-refractivity contribution in [1.29, 1.82) is 0 Å². The third-order valence-corrected chi connectivity index (χ3v) is 1.33. The number of hydrogen-bond donors (Lipinski definition) is 2. The summed E-state index contributed by atoms with van der Waals surface area (Å²) in [5.74, 6) is 5.58. The summed E-state index contributed by atoms with van der Waals surface area (Å²) >= 11 is 0. The van der Waals surface area contributed by atoms with Gasteiger partial charge in [0.05, 0.1) is 0 Å². The molecule has 3 N–H and O–H groups in total. The molecule has 9 heavy (non-hydrogen) atoms. The molecule has 0 aromatic carbocycles. The Labute approximate surface area is 72.4 Å². The summed E-state index contributed by atoms with van der Waals surface area (Å²) in [4.78, 5) is 0. The van der Waals surface area contributed by atoms with Crippen LogP contribution in [0, 0.1) is 0 Å². The molecule has 0 radical (unpaired) electrons. The Morgan fingerprint density at radius 2 is 2.33 bits per heavy atom. The summed E-state index contributed by atoms with van der Waals surface area (Å²) in [6, 6.07) is 0. The number of quaternary nitrogens is 1. The molecule has 0 saturated carbocycles. The average Bonchev–Trinajstić information content (AvgIpc) is 1.77. The van der Waals surface area contributed by atoms with Gasteiger partial charge in [0, 0.05) is 6.92 Å². The van der Waals surface area contributed by atoms with Crippen LogP contribution in [0.3, 0.4) is 0 Å². The first-order valence-corrected chi connectivity index (χ1v) is 2.76. The fraction of sp³-hybridized carbons (Fsp3) is 0.333. The Morgan fingerprint density at radius 3 is 2.67 bits per heavy atom. The lowest BCUT2D eigenvalue weighted by molar-refractivity contribution is -0.868. The minimum absolute atomic E-state index is 0. The third-order valence-electron chi connectivity index (χ3n) is 1.33. The fourth-order valence-corrected chi connectivity index (χ4v) is 0.675. The molecule has 3 heteroatoms. The van der Waals surface area contributed by atoms with Gasteiger partial charge in [-0.05, 0) is 12.2 Å². The minimum Gasteiger partial charge on any atom is -1.00 e. The van der Waals surface area contributed by atoms with Gasteiger partial charge in [-0.2, -0.15) is 5.84 Å². The van der Waals surface area contributed by atoms with Crippen molar-refractivity contribution in [3.8, 4) is 0 Å². The van der Waals surface area contributed by atoms with E-state index in [2.05, 4.69) is 6.08 Å². The maximum absolute atomic E-state index is 5.58. The predicted molar refractivity (Wildman–Crippen MR) is 32.9 cm³/mol. The molecule has 1 heterocycles. The van der Waals surface area contributed by atoms with E-state index in [1.165, 1.54) is 5.70 Å². The van der Waals surface area contributed by atoms with Gasteiger partial charge in [-0.15, -0.1) is 0 Å². The Hall–Kier alpha value is 0.130. The van der Waals surface area contributed by atoms with Crippen LogP contribution < -0.4 is 34.8 Å². The van der Waals surface area contributed by atoms with Crippen molar-refractivity contribution < 1.29 is 29.0 Å². The Morgan fingerprint density at radius 1 is 1.67 bits per heavy atom. The molecule has 0 saturated heterocycles. The van der Waals surface area contributed by atoms with E-state index in [1.807, 2.05) is 19.1 Å². The Balaban J connectivity index is 0.000000640. The van der Waals surface area contributed by atoms with Crippen molar-refractivity contribution in [2.24, 2.45) is 5.84 Å². The first kappa shape index (κ1) is 9.13. The van der Waals surface area contributed by atoms with Gasteiger partial charge < -0.3 is 24.0 Å². The van der Waals surface area contributed by atoms with Gasteiger partial charge >= 0.3 is 0 Å². The number of hydrogen-bond acceptors (Lipinski definition) is 1. The molecule has 0 bridgehead atoms. The summed E-state index contributed by atoms with van der Waals surface area (Å²) in [7, 11) is 0. The largest absolute Gasteiger partial charge is 1.00 e. The first-order chi connectivity index (χ1) is 3.80. The zero-order valence-electron chi connectivity index (χ0n) is 5.39. The van der Waals surface area contributed by atoms with Crippen molar-refractivity contribution in [3.63, 3.8) is 0 Å². The molecular formula is C6H11IN2. The summed E-state index contributed by atoms with van der Waals surface area (Å²) in [5, 5.41) is 0.993.